The van der Waals surface area contributed by atoms with Gasteiger partial charge in [0, 0.05) is 10.1 Å². The molecule has 66 valence electrons. The van der Waals surface area contributed by atoms with Crippen molar-refractivity contribution in [1.29, 1.82) is 5.26 Å². The van der Waals surface area contributed by atoms with Gasteiger partial charge in [0.25, 0.3) is 0 Å². The largest absolute Gasteiger partial charge is 0.206 e. The van der Waals surface area contributed by atoms with Gasteiger partial charge in [0.15, 0.2) is 0 Å². The van der Waals surface area contributed by atoms with Crippen LogP contribution in [0.2, 0.25) is 0 Å². The molecule has 2 rings (SSSR count). The molecule has 1 aromatic rings. The molecule has 0 amide bonds. The van der Waals surface area contributed by atoms with E-state index >= 15 is 0 Å². The molecule has 1 saturated carbocycles. The van der Waals surface area contributed by atoms with Crippen molar-refractivity contribution in [3.05, 3.63) is 29.6 Å². The van der Waals surface area contributed by atoms with Gasteiger partial charge in [0.2, 0.25) is 0 Å². The fraction of sp³-hybridized carbons (Fsp3) is 0.300. The van der Waals surface area contributed by atoms with E-state index in [1.54, 1.807) is 23.9 Å². The van der Waals surface area contributed by atoms with Crippen LogP contribution in [0.5, 0.6) is 0 Å². The minimum Gasteiger partial charge on any atom is -0.206 e. The van der Waals surface area contributed by atoms with Crippen LogP contribution in [-0.4, -0.2) is 5.25 Å². The molecule has 0 bridgehead atoms. The monoisotopic (exact) mass is 193 g/mol. The molecule has 0 aromatic heterocycles. The minimum atomic E-state index is -0.268. The summed E-state index contributed by atoms with van der Waals surface area (Å²) in [6.45, 7) is 0. The van der Waals surface area contributed by atoms with E-state index in [-0.39, 0.29) is 5.82 Å². The Morgan fingerprint density at radius 3 is 2.77 bits per heavy atom. The number of thioether (sulfide) groups is 1. The fourth-order valence-corrected chi connectivity index (χ4v) is 2.08. The fourth-order valence-electron chi connectivity index (χ4n) is 1.03. The lowest BCUT2D eigenvalue weighted by Crippen LogP contribution is -1.84. The second-order valence-electron chi connectivity index (χ2n) is 3.07. The maximum absolute atomic E-state index is 13.3. The van der Waals surface area contributed by atoms with Gasteiger partial charge in [0.1, 0.15) is 5.82 Å². The van der Waals surface area contributed by atoms with Crippen LogP contribution in [0.25, 0.3) is 0 Å². The van der Waals surface area contributed by atoms with E-state index in [1.165, 1.54) is 18.9 Å². The zero-order chi connectivity index (χ0) is 9.26. The molecule has 3 heteroatoms. The first kappa shape index (κ1) is 8.58. The van der Waals surface area contributed by atoms with Gasteiger partial charge < -0.3 is 0 Å². The second-order valence-corrected chi connectivity index (χ2v) is 4.42. The standard InChI is InChI=1S/C10H8FNS/c11-9-5-7(6-12)1-4-10(9)13-8-2-3-8/h1,4-5,8H,2-3H2. The Kier molecular flexibility index (Phi) is 2.24. The number of hydrogen-bond donors (Lipinski definition) is 0. The maximum atomic E-state index is 13.3. The quantitative estimate of drug-likeness (QED) is 0.721. The first-order chi connectivity index (χ1) is 6.29. The van der Waals surface area contributed by atoms with Crippen LogP contribution in [0.1, 0.15) is 18.4 Å². The lowest BCUT2D eigenvalue weighted by atomic mass is 10.2. The highest BCUT2D eigenvalue weighted by Crippen LogP contribution is 2.40. The Labute approximate surface area is 80.6 Å². The third-order valence-electron chi connectivity index (χ3n) is 1.88. The second kappa shape index (κ2) is 3.39. The van der Waals surface area contributed by atoms with Gasteiger partial charge in [0.05, 0.1) is 11.6 Å². The molecule has 0 aliphatic heterocycles. The lowest BCUT2D eigenvalue weighted by Gasteiger charge is -2.00. The molecule has 1 fully saturated rings. The first-order valence-corrected chi connectivity index (χ1v) is 5.04. The zero-order valence-corrected chi connectivity index (χ0v) is 7.77. The molecule has 1 aliphatic rings. The third-order valence-corrected chi connectivity index (χ3v) is 3.27. The number of benzene rings is 1. The number of hydrogen-bond acceptors (Lipinski definition) is 2. The van der Waals surface area contributed by atoms with E-state index in [0.29, 0.717) is 15.7 Å². The molecule has 1 nitrogen and oxygen atoms in total. The van der Waals surface area contributed by atoms with Gasteiger partial charge in [-0.05, 0) is 31.0 Å². The molecule has 0 radical (unpaired) electrons. The highest BCUT2D eigenvalue weighted by Gasteiger charge is 2.23. The van der Waals surface area contributed by atoms with Crippen LogP contribution < -0.4 is 0 Å². The molecule has 0 heterocycles. The number of nitrogens with zero attached hydrogens (tertiary/aromatic N) is 1. The van der Waals surface area contributed by atoms with Crippen molar-refractivity contribution >= 4 is 11.8 Å². The average Bonchev–Trinajstić information content (AvgIpc) is 2.92. The Balaban J connectivity index is 2.21. The Bertz CT molecular complexity index is 366. The summed E-state index contributed by atoms with van der Waals surface area (Å²) in [5.74, 6) is -0.268. The number of halogens is 1. The van der Waals surface area contributed by atoms with E-state index in [2.05, 4.69) is 0 Å². The number of nitriles is 1. The molecule has 1 aliphatic carbocycles. The van der Waals surface area contributed by atoms with E-state index in [9.17, 15) is 4.39 Å². The summed E-state index contributed by atoms with van der Waals surface area (Å²) < 4.78 is 13.3. The third kappa shape index (κ3) is 2.02. The normalized spacial score (nSPS) is 15.4. The predicted molar refractivity (Wildman–Crippen MR) is 50.0 cm³/mol. The van der Waals surface area contributed by atoms with E-state index < -0.39 is 0 Å². The maximum Gasteiger partial charge on any atom is 0.138 e. The smallest absolute Gasteiger partial charge is 0.138 e. The molecule has 0 spiro atoms. The summed E-state index contributed by atoms with van der Waals surface area (Å²) in [6, 6.07) is 6.56. The molecular formula is C10H8FNS. The van der Waals surface area contributed by atoms with Crippen molar-refractivity contribution in [2.24, 2.45) is 0 Å². The van der Waals surface area contributed by atoms with Gasteiger partial charge in [-0.1, -0.05) is 0 Å². The SMILES string of the molecule is N#Cc1ccc(SC2CC2)c(F)c1. The van der Waals surface area contributed by atoms with Crippen molar-refractivity contribution < 1.29 is 4.39 Å². The molecule has 1 aromatic carbocycles. The van der Waals surface area contributed by atoms with Crippen LogP contribution in [-0.2, 0) is 0 Å². The van der Waals surface area contributed by atoms with E-state index in [0.717, 1.165) is 0 Å². The van der Waals surface area contributed by atoms with Crippen molar-refractivity contribution in [1.82, 2.24) is 0 Å². The zero-order valence-electron chi connectivity index (χ0n) is 6.96. The Morgan fingerprint density at radius 1 is 1.46 bits per heavy atom. The van der Waals surface area contributed by atoms with Gasteiger partial charge in [-0.3, -0.25) is 0 Å². The van der Waals surface area contributed by atoms with Gasteiger partial charge >= 0.3 is 0 Å². The summed E-state index contributed by atoms with van der Waals surface area (Å²) in [7, 11) is 0. The van der Waals surface area contributed by atoms with E-state index in [1.807, 2.05) is 6.07 Å². The molecule has 0 saturated heterocycles. The van der Waals surface area contributed by atoms with Crippen molar-refractivity contribution in [2.45, 2.75) is 23.0 Å². The van der Waals surface area contributed by atoms with Crippen molar-refractivity contribution in [3.63, 3.8) is 0 Å². The van der Waals surface area contributed by atoms with Crippen LogP contribution in [0.15, 0.2) is 23.1 Å². The van der Waals surface area contributed by atoms with Crippen LogP contribution in [0, 0.1) is 17.1 Å². The molecular weight excluding hydrogens is 185 g/mol. The summed E-state index contributed by atoms with van der Waals surface area (Å²) in [5, 5.41) is 9.12. The topological polar surface area (TPSA) is 23.8 Å². The summed E-state index contributed by atoms with van der Waals surface area (Å²) in [6.07, 6.45) is 2.37. The molecule has 0 N–H and O–H groups in total. The van der Waals surface area contributed by atoms with Crippen LogP contribution in [0.4, 0.5) is 4.39 Å². The van der Waals surface area contributed by atoms with Crippen LogP contribution in [0.3, 0.4) is 0 Å². The van der Waals surface area contributed by atoms with Gasteiger partial charge in [-0.15, -0.1) is 11.8 Å². The average molecular weight is 193 g/mol. The first-order valence-electron chi connectivity index (χ1n) is 4.16. The Hall–Kier alpha value is -1.01. The lowest BCUT2D eigenvalue weighted by molar-refractivity contribution is 0.601. The molecule has 0 atom stereocenters. The molecule has 13 heavy (non-hydrogen) atoms. The van der Waals surface area contributed by atoms with Crippen molar-refractivity contribution in [3.8, 4) is 6.07 Å². The summed E-state index contributed by atoms with van der Waals surface area (Å²) in [5.41, 5.74) is 0.387. The molecule has 0 unspecified atom stereocenters. The van der Waals surface area contributed by atoms with E-state index in [4.69, 9.17) is 5.26 Å². The minimum absolute atomic E-state index is 0.268. The Morgan fingerprint density at radius 2 is 2.23 bits per heavy atom. The summed E-state index contributed by atoms with van der Waals surface area (Å²) >= 11 is 1.57. The number of rotatable bonds is 2. The summed E-state index contributed by atoms with van der Waals surface area (Å²) in [4.78, 5) is 0.668. The highest BCUT2D eigenvalue weighted by molar-refractivity contribution is 8.00. The van der Waals surface area contributed by atoms with Gasteiger partial charge in [-0.2, -0.15) is 5.26 Å². The van der Waals surface area contributed by atoms with Crippen LogP contribution >= 0.6 is 11.8 Å². The highest BCUT2D eigenvalue weighted by atomic mass is 32.2. The predicted octanol–water partition coefficient (Wildman–Crippen LogP) is 2.95. The van der Waals surface area contributed by atoms with Gasteiger partial charge in [-0.25, -0.2) is 4.39 Å². The van der Waals surface area contributed by atoms with Crippen molar-refractivity contribution in [2.75, 3.05) is 0 Å².